The molecule has 0 aliphatic rings. The van der Waals surface area contributed by atoms with E-state index in [2.05, 4.69) is 17.2 Å². The van der Waals surface area contributed by atoms with Gasteiger partial charge in [0.05, 0.1) is 6.54 Å². The minimum absolute atomic E-state index is 0.168. The topological polar surface area (TPSA) is 55.1 Å². The Balaban J connectivity index is 2.13. The monoisotopic (exact) mass is 298 g/mol. The fourth-order valence-corrected chi connectivity index (χ4v) is 2.05. The predicted octanol–water partition coefficient (Wildman–Crippen LogP) is 3.21. The van der Waals surface area contributed by atoms with Gasteiger partial charge < -0.3 is 11.1 Å². The van der Waals surface area contributed by atoms with Crippen LogP contribution in [0, 0.1) is 18.8 Å². The molecule has 4 heteroatoms. The Morgan fingerprint density at radius 3 is 2.57 bits per heavy atom. The summed E-state index contributed by atoms with van der Waals surface area (Å²) in [5.74, 6) is 5.52. The van der Waals surface area contributed by atoms with Crippen LogP contribution in [0.3, 0.4) is 0 Å². The third-order valence-corrected chi connectivity index (χ3v) is 3.15. The van der Waals surface area contributed by atoms with Gasteiger partial charge in [0.2, 0.25) is 0 Å². The summed E-state index contributed by atoms with van der Waals surface area (Å²) in [7, 11) is 0. The van der Waals surface area contributed by atoms with Gasteiger partial charge in [-0.05, 0) is 55.0 Å². The second kappa shape index (κ2) is 6.94. The van der Waals surface area contributed by atoms with Crippen molar-refractivity contribution in [3.8, 4) is 11.8 Å². The molecule has 0 spiro atoms. The number of aryl methyl sites for hydroxylation is 1. The SMILES string of the molecule is Cc1cc(Cl)ccc1NC(=O)c1ccc(C#CCN)cc1. The number of rotatable bonds is 2. The van der Waals surface area contributed by atoms with Crippen LogP contribution in [-0.4, -0.2) is 12.5 Å². The molecule has 1 amide bonds. The van der Waals surface area contributed by atoms with Gasteiger partial charge in [0.25, 0.3) is 5.91 Å². The molecular weight excluding hydrogens is 284 g/mol. The van der Waals surface area contributed by atoms with E-state index in [1.54, 1.807) is 36.4 Å². The largest absolute Gasteiger partial charge is 0.322 e. The molecule has 2 aromatic carbocycles. The van der Waals surface area contributed by atoms with Gasteiger partial charge in [-0.3, -0.25) is 4.79 Å². The highest BCUT2D eigenvalue weighted by molar-refractivity contribution is 6.30. The summed E-state index contributed by atoms with van der Waals surface area (Å²) < 4.78 is 0. The quantitative estimate of drug-likeness (QED) is 0.837. The second-order valence-electron chi connectivity index (χ2n) is 4.50. The Morgan fingerprint density at radius 2 is 1.95 bits per heavy atom. The first-order chi connectivity index (χ1) is 10.1. The highest BCUT2D eigenvalue weighted by Gasteiger charge is 2.07. The molecule has 0 atom stereocenters. The lowest BCUT2D eigenvalue weighted by Gasteiger charge is -2.08. The molecule has 0 aromatic heterocycles. The van der Waals surface area contributed by atoms with Gasteiger partial charge in [0.15, 0.2) is 0 Å². The number of carbonyl (C=O) groups excluding carboxylic acids is 1. The number of hydrogen-bond acceptors (Lipinski definition) is 2. The summed E-state index contributed by atoms with van der Waals surface area (Å²) in [6.07, 6.45) is 0. The van der Waals surface area contributed by atoms with Crippen molar-refractivity contribution in [2.45, 2.75) is 6.92 Å². The summed E-state index contributed by atoms with van der Waals surface area (Å²) in [4.78, 5) is 12.2. The second-order valence-corrected chi connectivity index (χ2v) is 4.93. The zero-order valence-electron chi connectivity index (χ0n) is 11.6. The first kappa shape index (κ1) is 15.1. The van der Waals surface area contributed by atoms with Crippen molar-refractivity contribution in [3.05, 3.63) is 64.2 Å². The molecule has 3 N–H and O–H groups in total. The summed E-state index contributed by atoms with van der Waals surface area (Å²) in [6, 6.07) is 12.4. The number of nitrogens with one attached hydrogen (secondary N) is 1. The van der Waals surface area contributed by atoms with Crippen molar-refractivity contribution in [1.29, 1.82) is 0 Å². The van der Waals surface area contributed by atoms with Crippen molar-refractivity contribution in [2.75, 3.05) is 11.9 Å². The molecule has 0 radical (unpaired) electrons. The zero-order valence-corrected chi connectivity index (χ0v) is 12.4. The highest BCUT2D eigenvalue weighted by Crippen LogP contribution is 2.20. The number of hydrogen-bond donors (Lipinski definition) is 2. The Kier molecular flexibility index (Phi) is 4.99. The van der Waals surface area contributed by atoms with Crippen LogP contribution >= 0.6 is 11.6 Å². The van der Waals surface area contributed by atoms with E-state index in [1.165, 1.54) is 0 Å². The number of amides is 1. The summed E-state index contributed by atoms with van der Waals surface area (Å²) in [5.41, 5.74) is 8.39. The fourth-order valence-electron chi connectivity index (χ4n) is 1.82. The number of benzene rings is 2. The fraction of sp³-hybridized carbons (Fsp3) is 0.118. The summed E-state index contributed by atoms with van der Waals surface area (Å²) in [5, 5.41) is 3.51. The summed E-state index contributed by atoms with van der Waals surface area (Å²) in [6.45, 7) is 2.21. The number of halogens is 1. The van der Waals surface area contributed by atoms with Crippen LogP contribution in [0.25, 0.3) is 0 Å². The molecule has 0 bridgehead atoms. The molecule has 0 aliphatic carbocycles. The lowest BCUT2D eigenvalue weighted by Crippen LogP contribution is -2.12. The van der Waals surface area contributed by atoms with Crippen LogP contribution < -0.4 is 11.1 Å². The maximum Gasteiger partial charge on any atom is 0.255 e. The first-order valence-corrected chi connectivity index (χ1v) is 6.84. The lowest BCUT2D eigenvalue weighted by atomic mass is 10.1. The van der Waals surface area contributed by atoms with E-state index >= 15 is 0 Å². The molecule has 21 heavy (non-hydrogen) atoms. The average molecular weight is 299 g/mol. The van der Waals surface area contributed by atoms with E-state index in [9.17, 15) is 4.79 Å². The van der Waals surface area contributed by atoms with Crippen LogP contribution in [-0.2, 0) is 0 Å². The maximum absolute atomic E-state index is 12.2. The van der Waals surface area contributed by atoms with Crippen LogP contribution in [0.4, 0.5) is 5.69 Å². The molecule has 0 saturated carbocycles. The van der Waals surface area contributed by atoms with Crippen LogP contribution in [0.5, 0.6) is 0 Å². The van der Waals surface area contributed by atoms with Crippen LogP contribution in [0.2, 0.25) is 5.02 Å². The number of anilines is 1. The smallest absolute Gasteiger partial charge is 0.255 e. The van der Waals surface area contributed by atoms with Crippen molar-refractivity contribution in [2.24, 2.45) is 5.73 Å². The highest BCUT2D eigenvalue weighted by atomic mass is 35.5. The lowest BCUT2D eigenvalue weighted by molar-refractivity contribution is 0.102. The number of nitrogens with two attached hydrogens (primary N) is 1. The minimum Gasteiger partial charge on any atom is -0.322 e. The van der Waals surface area contributed by atoms with Crippen molar-refractivity contribution in [3.63, 3.8) is 0 Å². The average Bonchev–Trinajstić information content (AvgIpc) is 2.48. The molecule has 0 fully saturated rings. The van der Waals surface area contributed by atoms with E-state index in [1.807, 2.05) is 13.0 Å². The molecule has 0 saturated heterocycles. The molecule has 106 valence electrons. The molecular formula is C17H15ClN2O. The molecule has 0 heterocycles. The van der Waals surface area contributed by atoms with E-state index < -0.39 is 0 Å². The Hall–Kier alpha value is -2.28. The standard InChI is InChI=1S/C17H15ClN2O/c1-12-11-15(18)8-9-16(12)20-17(21)14-6-4-13(5-7-14)3-2-10-19/h4-9,11H,10,19H2,1H3,(H,20,21). The van der Waals surface area contributed by atoms with Crippen LogP contribution in [0.15, 0.2) is 42.5 Å². The maximum atomic E-state index is 12.2. The molecule has 3 nitrogen and oxygen atoms in total. The predicted molar refractivity (Wildman–Crippen MR) is 86.5 cm³/mol. The minimum atomic E-state index is -0.168. The van der Waals surface area contributed by atoms with Crippen molar-refractivity contribution < 1.29 is 4.79 Å². The molecule has 0 unspecified atom stereocenters. The zero-order chi connectivity index (χ0) is 15.2. The van der Waals surface area contributed by atoms with Crippen LogP contribution in [0.1, 0.15) is 21.5 Å². The first-order valence-electron chi connectivity index (χ1n) is 6.46. The van der Waals surface area contributed by atoms with Gasteiger partial charge in [0.1, 0.15) is 0 Å². The van der Waals surface area contributed by atoms with Crippen molar-refractivity contribution >= 4 is 23.2 Å². The Bertz CT molecular complexity index is 712. The summed E-state index contributed by atoms with van der Waals surface area (Å²) >= 11 is 5.90. The van der Waals surface area contributed by atoms with Gasteiger partial charge in [-0.25, -0.2) is 0 Å². The van der Waals surface area contributed by atoms with Gasteiger partial charge in [-0.2, -0.15) is 0 Å². The van der Waals surface area contributed by atoms with Gasteiger partial charge >= 0.3 is 0 Å². The van der Waals surface area contributed by atoms with Crippen molar-refractivity contribution in [1.82, 2.24) is 0 Å². The van der Waals surface area contributed by atoms with E-state index in [0.29, 0.717) is 17.1 Å². The van der Waals surface area contributed by atoms with Gasteiger partial charge in [-0.15, -0.1) is 0 Å². The number of carbonyl (C=O) groups is 1. The Morgan fingerprint density at radius 1 is 1.24 bits per heavy atom. The third-order valence-electron chi connectivity index (χ3n) is 2.92. The van der Waals surface area contributed by atoms with Gasteiger partial charge in [0, 0.05) is 21.8 Å². The molecule has 0 aliphatic heterocycles. The van der Waals surface area contributed by atoms with E-state index in [-0.39, 0.29) is 5.91 Å². The Labute approximate surface area is 129 Å². The van der Waals surface area contributed by atoms with E-state index in [4.69, 9.17) is 17.3 Å². The molecule has 2 rings (SSSR count). The van der Waals surface area contributed by atoms with Gasteiger partial charge in [-0.1, -0.05) is 23.4 Å². The third kappa shape index (κ3) is 4.09. The normalized spacial score (nSPS) is 9.67. The van der Waals surface area contributed by atoms with E-state index in [0.717, 1.165) is 16.8 Å². The molecule has 2 aromatic rings.